The van der Waals surface area contributed by atoms with Crippen LogP contribution in [-0.4, -0.2) is 20.9 Å². The Morgan fingerprint density at radius 2 is 2.14 bits per heavy atom. The number of H-pyrrole nitrogens is 1. The van der Waals surface area contributed by atoms with E-state index in [4.69, 9.17) is 0 Å². The van der Waals surface area contributed by atoms with E-state index < -0.39 is 23.6 Å². The molecule has 114 valence electrons. The molecule has 3 aromatic rings. The first-order valence-electron chi connectivity index (χ1n) is 5.81. The van der Waals surface area contributed by atoms with Crippen LogP contribution < -0.4 is 5.32 Å². The summed E-state index contributed by atoms with van der Waals surface area (Å²) in [5.74, 6) is -1.41. The summed E-state index contributed by atoms with van der Waals surface area (Å²) >= 11 is 0.572. The van der Waals surface area contributed by atoms with Gasteiger partial charge in [-0.1, -0.05) is 0 Å². The number of hydrogen-bond acceptors (Lipinski definition) is 4. The van der Waals surface area contributed by atoms with Crippen molar-refractivity contribution >= 4 is 34.0 Å². The smallest absolute Gasteiger partial charge is 0.344 e. The fourth-order valence-electron chi connectivity index (χ4n) is 1.77. The van der Waals surface area contributed by atoms with Gasteiger partial charge in [0.2, 0.25) is 0 Å². The number of carbonyl (C=O) groups excluding carboxylic acids is 1. The van der Waals surface area contributed by atoms with Crippen molar-refractivity contribution in [3.05, 3.63) is 40.4 Å². The molecule has 0 atom stereocenters. The van der Waals surface area contributed by atoms with Gasteiger partial charge in [-0.05, 0) is 6.07 Å². The molecule has 0 saturated heterocycles. The van der Waals surface area contributed by atoms with E-state index in [1.807, 2.05) is 0 Å². The summed E-state index contributed by atoms with van der Waals surface area (Å²) in [6, 6.07) is 1.15. The second-order valence-electron chi connectivity index (χ2n) is 4.24. The third kappa shape index (κ3) is 2.64. The van der Waals surface area contributed by atoms with Gasteiger partial charge >= 0.3 is 6.18 Å². The van der Waals surface area contributed by atoms with Gasteiger partial charge in [-0.3, -0.25) is 4.79 Å². The maximum Gasteiger partial charge on any atom is 0.434 e. The molecule has 3 rings (SSSR count). The minimum atomic E-state index is -4.61. The summed E-state index contributed by atoms with van der Waals surface area (Å²) in [6.45, 7) is 0. The van der Waals surface area contributed by atoms with Crippen LogP contribution in [0.15, 0.2) is 23.8 Å². The summed E-state index contributed by atoms with van der Waals surface area (Å²) in [4.78, 5) is 21.6. The molecule has 0 aromatic carbocycles. The highest BCUT2D eigenvalue weighted by molar-refractivity contribution is 7.11. The van der Waals surface area contributed by atoms with Crippen LogP contribution >= 0.6 is 11.3 Å². The van der Waals surface area contributed by atoms with Gasteiger partial charge in [0, 0.05) is 17.0 Å². The highest BCUT2D eigenvalue weighted by atomic mass is 32.1. The van der Waals surface area contributed by atoms with Crippen LogP contribution in [0.5, 0.6) is 0 Å². The standard InChI is InChI=1S/C12H6F4N4OS/c13-5-1-6-7(3-18-9(6)17-2-5)19-10(21)11-20-8(4-22-11)12(14,15)16/h1-4H,(H,17,18)(H,19,21). The van der Waals surface area contributed by atoms with E-state index in [1.165, 1.54) is 6.20 Å². The molecular weight excluding hydrogens is 324 g/mol. The van der Waals surface area contributed by atoms with E-state index in [-0.39, 0.29) is 10.7 Å². The largest absolute Gasteiger partial charge is 0.434 e. The minimum absolute atomic E-state index is 0.204. The number of anilines is 1. The Bertz CT molecular complexity index is 854. The van der Waals surface area contributed by atoms with Gasteiger partial charge in [0.05, 0.1) is 11.9 Å². The number of fused-ring (bicyclic) bond motifs is 1. The number of aromatic amines is 1. The molecule has 22 heavy (non-hydrogen) atoms. The number of nitrogens with one attached hydrogen (secondary N) is 2. The van der Waals surface area contributed by atoms with Crippen molar-refractivity contribution < 1.29 is 22.4 Å². The first-order chi connectivity index (χ1) is 10.3. The van der Waals surface area contributed by atoms with Gasteiger partial charge in [0.1, 0.15) is 11.5 Å². The number of nitrogens with zero attached hydrogens (tertiary/aromatic N) is 2. The third-order valence-corrected chi connectivity index (χ3v) is 3.58. The van der Waals surface area contributed by atoms with Crippen molar-refractivity contribution in [2.45, 2.75) is 6.18 Å². The van der Waals surface area contributed by atoms with Crippen LogP contribution in [0.2, 0.25) is 0 Å². The number of rotatable bonds is 2. The summed E-state index contributed by atoms with van der Waals surface area (Å²) in [5, 5.41) is 3.10. The van der Waals surface area contributed by atoms with Gasteiger partial charge < -0.3 is 10.3 Å². The van der Waals surface area contributed by atoms with E-state index in [9.17, 15) is 22.4 Å². The Hall–Kier alpha value is -2.49. The maximum atomic E-state index is 13.2. The van der Waals surface area contributed by atoms with Crippen molar-refractivity contribution in [1.82, 2.24) is 15.0 Å². The molecule has 2 N–H and O–H groups in total. The number of amides is 1. The van der Waals surface area contributed by atoms with Crippen molar-refractivity contribution in [3.8, 4) is 0 Å². The monoisotopic (exact) mass is 330 g/mol. The predicted octanol–water partition coefficient (Wildman–Crippen LogP) is 3.43. The van der Waals surface area contributed by atoms with Crippen LogP contribution in [-0.2, 0) is 6.18 Å². The topological polar surface area (TPSA) is 70.7 Å². The number of thiazole rings is 1. The average Bonchev–Trinajstić information content (AvgIpc) is 3.05. The quantitative estimate of drug-likeness (QED) is 0.707. The van der Waals surface area contributed by atoms with Crippen LogP contribution in [0, 0.1) is 5.82 Å². The van der Waals surface area contributed by atoms with E-state index in [2.05, 4.69) is 20.3 Å². The molecular formula is C12H6F4N4OS. The zero-order valence-electron chi connectivity index (χ0n) is 10.5. The third-order valence-electron chi connectivity index (χ3n) is 2.73. The van der Waals surface area contributed by atoms with Crippen molar-refractivity contribution in [2.75, 3.05) is 5.32 Å². The lowest BCUT2D eigenvalue weighted by Gasteiger charge is -2.02. The fraction of sp³-hybridized carbons (Fsp3) is 0.0833. The summed E-state index contributed by atoms with van der Waals surface area (Å²) in [6.07, 6.45) is -2.24. The van der Waals surface area contributed by atoms with Crippen molar-refractivity contribution in [2.24, 2.45) is 0 Å². The maximum absolute atomic E-state index is 13.2. The molecule has 10 heteroatoms. The fourth-order valence-corrected chi connectivity index (χ4v) is 2.48. The van der Waals surface area contributed by atoms with Crippen molar-refractivity contribution in [1.29, 1.82) is 0 Å². The molecule has 0 aliphatic carbocycles. The zero-order chi connectivity index (χ0) is 15.9. The Morgan fingerprint density at radius 3 is 2.82 bits per heavy atom. The molecule has 3 aromatic heterocycles. The van der Waals surface area contributed by atoms with Crippen LogP contribution in [0.1, 0.15) is 15.5 Å². The Morgan fingerprint density at radius 1 is 1.36 bits per heavy atom. The molecule has 1 amide bonds. The molecule has 0 bridgehead atoms. The number of alkyl halides is 3. The number of pyridine rings is 1. The van der Waals surface area contributed by atoms with Crippen LogP contribution in [0.3, 0.4) is 0 Å². The normalized spacial score (nSPS) is 11.8. The molecule has 0 spiro atoms. The first-order valence-corrected chi connectivity index (χ1v) is 6.69. The minimum Gasteiger partial charge on any atom is -0.344 e. The molecule has 0 fully saturated rings. The highest BCUT2D eigenvalue weighted by Crippen LogP contribution is 2.30. The lowest BCUT2D eigenvalue weighted by Crippen LogP contribution is -2.13. The van der Waals surface area contributed by atoms with Gasteiger partial charge in [0.25, 0.3) is 5.91 Å². The number of aromatic nitrogens is 3. The molecule has 0 aliphatic heterocycles. The number of hydrogen-bond donors (Lipinski definition) is 2. The van der Waals surface area contributed by atoms with E-state index >= 15 is 0 Å². The Balaban J connectivity index is 1.87. The molecule has 3 heterocycles. The molecule has 0 aliphatic rings. The van der Waals surface area contributed by atoms with Crippen molar-refractivity contribution in [3.63, 3.8) is 0 Å². The first kappa shape index (κ1) is 14.4. The van der Waals surface area contributed by atoms with E-state index in [0.29, 0.717) is 22.4 Å². The predicted molar refractivity (Wildman–Crippen MR) is 71.1 cm³/mol. The SMILES string of the molecule is O=C(Nc1c[nH]c2ncc(F)cc12)c1nc(C(F)(F)F)cs1. The summed E-state index contributed by atoms with van der Waals surface area (Å²) in [5.41, 5.74) is -0.586. The second kappa shape index (κ2) is 5.05. The second-order valence-corrected chi connectivity index (χ2v) is 5.10. The number of carbonyl (C=O) groups is 1. The van der Waals surface area contributed by atoms with Crippen LogP contribution in [0.4, 0.5) is 23.2 Å². The average molecular weight is 330 g/mol. The Labute approximate surface area is 124 Å². The van der Waals surface area contributed by atoms with E-state index in [0.717, 1.165) is 17.6 Å². The van der Waals surface area contributed by atoms with Crippen LogP contribution in [0.25, 0.3) is 11.0 Å². The molecule has 0 unspecified atom stereocenters. The van der Waals surface area contributed by atoms with E-state index in [1.54, 1.807) is 0 Å². The zero-order valence-corrected chi connectivity index (χ0v) is 11.3. The molecule has 5 nitrogen and oxygen atoms in total. The van der Waals surface area contributed by atoms with Gasteiger partial charge in [-0.2, -0.15) is 13.2 Å². The lowest BCUT2D eigenvalue weighted by atomic mass is 10.3. The number of halogens is 4. The van der Waals surface area contributed by atoms with Gasteiger partial charge in [-0.15, -0.1) is 11.3 Å². The van der Waals surface area contributed by atoms with Gasteiger partial charge in [0.15, 0.2) is 10.7 Å². The molecule has 0 saturated carbocycles. The molecule has 0 radical (unpaired) electrons. The van der Waals surface area contributed by atoms with Gasteiger partial charge in [-0.25, -0.2) is 14.4 Å². The highest BCUT2D eigenvalue weighted by Gasteiger charge is 2.34. The Kier molecular flexibility index (Phi) is 3.32. The lowest BCUT2D eigenvalue weighted by molar-refractivity contribution is -0.140. The summed E-state index contributed by atoms with van der Waals surface area (Å²) < 4.78 is 50.5. The summed E-state index contributed by atoms with van der Waals surface area (Å²) in [7, 11) is 0.